The molecule has 6 nitrogen and oxygen atoms in total. The molecule has 1 saturated heterocycles. The van der Waals surface area contributed by atoms with Crippen LogP contribution in [0.2, 0.25) is 0 Å². The van der Waals surface area contributed by atoms with E-state index in [1.165, 1.54) is 6.26 Å². The highest BCUT2D eigenvalue weighted by Gasteiger charge is 2.23. The van der Waals surface area contributed by atoms with Crippen LogP contribution in [-0.2, 0) is 16.6 Å². The molecule has 0 bridgehead atoms. The topological polar surface area (TPSA) is 58.4 Å². The zero-order chi connectivity index (χ0) is 16.3. The van der Waals surface area contributed by atoms with E-state index in [0.29, 0.717) is 13.1 Å². The number of hydrogen-bond acceptors (Lipinski definition) is 4. The number of imidazole rings is 1. The van der Waals surface area contributed by atoms with Crippen LogP contribution in [0, 0.1) is 0 Å². The molecule has 23 heavy (non-hydrogen) atoms. The van der Waals surface area contributed by atoms with Gasteiger partial charge in [0, 0.05) is 57.2 Å². The van der Waals surface area contributed by atoms with Gasteiger partial charge in [-0.3, -0.25) is 4.90 Å². The Morgan fingerprint density at radius 2 is 1.74 bits per heavy atom. The van der Waals surface area contributed by atoms with Gasteiger partial charge in [-0.25, -0.2) is 13.4 Å². The summed E-state index contributed by atoms with van der Waals surface area (Å²) in [4.78, 5) is 6.75. The van der Waals surface area contributed by atoms with Crippen LogP contribution in [0.25, 0.3) is 11.4 Å². The second-order valence-corrected chi connectivity index (χ2v) is 7.80. The lowest BCUT2D eigenvalue weighted by molar-refractivity contribution is 0.183. The number of benzene rings is 1. The standard InChI is InChI=1S/C16H22N4O2S/c1-23(21,22)20-13-10-18(11-14-20)9-12-19-8-7-17-16(19)15-5-3-2-4-6-15/h2-8H,9-14H2,1H3. The van der Waals surface area contributed by atoms with Gasteiger partial charge in [-0.15, -0.1) is 0 Å². The molecule has 0 atom stereocenters. The van der Waals surface area contributed by atoms with Crippen LogP contribution in [0.5, 0.6) is 0 Å². The van der Waals surface area contributed by atoms with E-state index in [0.717, 1.165) is 37.6 Å². The first-order chi connectivity index (χ1) is 11.0. The van der Waals surface area contributed by atoms with Gasteiger partial charge in [0.1, 0.15) is 5.82 Å². The molecule has 2 heterocycles. The summed E-state index contributed by atoms with van der Waals surface area (Å²) in [6.07, 6.45) is 5.10. The molecular formula is C16H22N4O2S. The Kier molecular flexibility index (Phi) is 4.79. The fraction of sp³-hybridized carbons (Fsp3) is 0.438. The Morgan fingerprint density at radius 1 is 1.04 bits per heavy atom. The van der Waals surface area contributed by atoms with Crippen LogP contribution in [0.3, 0.4) is 0 Å². The minimum Gasteiger partial charge on any atom is -0.330 e. The molecule has 2 aromatic rings. The molecule has 1 aliphatic rings. The third-order valence-corrected chi connectivity index (χ3v) is 5.51. The molecule has 0 amide bonds. The van der Waals surface area contributed by atoms with Crippen LogP contribution >= 0.6 is 0 Å². The van der Waals surface area contributed by atoms with E-state index in [-0.39, 0.29) is 0 Å². The predicted octanol–water partition coefficient (Wildman–Crippen LogP) is 1.13. The minimum atomic E-state index is -3.06. The molecule has 1 fully saturated rings. The van der Waals surface area contributed by atoms with Gasteiger partial charge in [-0.05, 0) is 0 Å². The van der Waals surface area contributed by atoms with Crippen molar-refractivity contribution in [3.05, 3.63) is 42.7 Å². The van der Waals surface area contributed by atoms with Gasteiger partial charge in [0.15, 0.2) is 0 Å². The Morgan fingerprint density at radius 3 is 2.39 bits per heavy atom. The van der Waals surface area contributed by atoms with Crippen molar-refractivity contribution in [2.24, 2.45) is 0 Å². The smallest absolute Gasteiger partial charge is 0.211 e. The number of aromatic nitrogens is 2. The van der Waals surface area contributed by atoms with Gasteiger partial charge in [0.25, 0.3) is 0 Å². The van der Waals surface area contributed by atoms with Crippen molar-refractivity contribution in [1.29, 1.82) is 0 Å². The summed E-state index contributed by atoms with van der Waals surface area (Å²) in [5, 5.41) is 0. The molecule has 0 spiro atoms. The molecule has 7 heteroatoms. The maximum atomic E-state index is 11.5. The highest BCUT2D eigenvalue weighted by Crippen LogP contribution is 2.16. The van der Waals surface area contributed by atoms with Crippen LogP contribution < -0.4 is 0 Å². The summed E-state index contributed by atoms with van der Waals surface area (Å²) in [5.41, 5.74) is 1.11. The molecule has 124 valence electrons. The zero-order valence-electron chi connectivity index (χ0n) is 13.3. The normalized spacial score (nSPS) is 17.4. The first-order valence-electron chi connectivity index (χ1n) is 7.78. The third-order valence-electron chi connectivity index (χ3n) is 4.20. The first-order valence-corrected chi connectivity index (χ1v) is 9.63. The van der Waals surface area contributed by atoms with E-state index in [1.807, 2.05) is 30.6 Å². The summed E-state index contributed by atoms with van der Waals surface area (Å²) in [6, 6.07) is 10.1. The lowest BCUT2D eigenvalue weighted by Crippen LogP contribution is -2.48. The lowest BCUT2D eigenvalue weighted by Gasteiger charge is -2.33. The largest absolute Gasteiger partial charge is 0.330 e. The van der Waals surface area contributed by atoms with Crippen LogP contribution in [0.15, 0.2) is 42.7 Å². The quantitative estimate of drug-likeness (QED) is 0.822. The summed E-state index contributed by atoms with van der Waals surface area (Å²) < 4.78 is 26.8. The van der Waals surface area contributed by atoms with Crippen LogP contribution in [0.4, 0.5) is 0 Å². The Bertz CT molecular complexity index is 734. The molecule has 1 aromatic heterocycles. The molecule has 0 N–H and O–H groups in total. The fourth-order valence-electron chi connectivity index (χ4n) is 2.87. The number of rotatable bonds is 5. The van der Waals surface area contributed by atoms with E-state index in [4.69, 9.17) is 0 Å². The van der Waals surface area contributed by atoms with Gasteiger partial charge in [0.2, 0.25) is 10.0 Å². The van der Waals surface area contributed by atoms with E-state index >= 15 is 0 Å². The van der Waals surface area contributed by atoms with E-state index in [9.17, 15) is 8.42 Å². The molecule has 1 aromatic carbocycles. The van der Waals surface area contributed by atoms with E-state index in [1.54, 1.807) is 4.31 Å². The van der Waals surface area contributed by atoms with Crippen LogP contribution in [0.1, 0.15) is 0 Å². The number of nitrogens with zero attached hydrogens (tertiary/aromatic N) is 4. The van der Waals surface area contributed by atoms with Gasteiger partial charge in [-0.2, -0.15) is 4.31 Å². The average Bonchev–Trinajstić information content (AvgIpc) is 3.02. The second-order valence-electron chi connectivity index (χ2n) is 5.81. The molecule has 3 rings (SSSR count). The summed E-state index contributed by atoms with van der Waals surface area (Å²) >= 11 is 0. The van der Waals surface area contributed by atoms with Crippen molar-refractivity contribution >= 4 is 10.0 Å². The third kappa shape index (κ3) is 3.99. The zero-order valence-corrected chi connectivity index (χ0v) is 14.1. The maximum absolute atomic E-state index is 11.5. The predicted molar refractivity (Wildman–Crippen MR) is 90.5 cm³/mol. The lowest BCUT2D eigenvalue weighted by atomic mass is 10.2. The second kappa shape index (κ2) is 6.82. The summed E-state index contributed by atoms with van der Waals surface area (Å²) in [6.45, 7) is 4.46. The molecule has 1 aliphatic heterocycles. The summed E-state index contributed by atoms with van der Waals surface area (Å²) in [5.74, 6) is 0.973. The molecule has 0 aliphatic carbocycles. The van der Waals surface area contributed by atoms with Crippen LogP contribution in [-0.4, -0.2) is 66.2 Å². The molecular weight excluding hydrogens is 312 g/mol. The molecule has 0 saturated carbocycles. The number of sulfonamides is 1. The average molecular weight is 334 g/mol. The van der Waals surface area contributed by atoms with E-state index < -0.39 is 10.0 Å². The Balaban J connectivity index is 1.58. The van der Waals surface area contributed by atoms with Crippen molar-refractivity contribution < 1.29 is 8.42 Å². The van der Waals surface area contributed by atoms with Crippen molar-refractivity contribution in [2.45, 2.75) is 6.54 Å². The first kappa shape index (κ1) is 16.2. The minimum absolute atomic E-state index is 0.578. The van der Waals surface area contributed by atoms with E-state index in [2.05, 4.69) is 26.6 Å². The Hall–Kier alpha value is -1.70. The van der Waals surface area contributed by atoms with Crippen molar-refractivity contribution in [3.8, 4) is 11.4 Å². The fourth-order valence-corrected chi connectivity index (χ4v) is 3.70. The highest BCUT2D eigenvalue weighted by atomic mass is 32.2. The summed E-state index contributed by atoms with van der Waals surface area (Å²) in [7, 11) is -3.06. The molecule has 0 unspecified atom stereocenters. The van der Waals surface area contributed by atoms with Gasteiger partial charge < -0.3 is 4.57 Å². The molecule has 0 radical (unpaired) electrons. The van der Waals surface area contributed by atoms with Gasteiger partial charge >= 0.3 is 0 Å². The van der Waals surface area contributed by atoms with Gasteiger partial charge in [-0.1, -0.05) is 30.3 Å². The Labute approximate surface area is 137 Å². The van der Waals surface area contributed by atoms with Crippen molar-refractivity contribution in [3.63, 3.8) is 0 Å². The monoisotopic (exact) mass is 334 g/mol. The van der Waals surface area contributed by atoms with Gasteiger partial charge in [0.05, 0.1) is 6.26 Å². The SMILES string of the molecule is CS(=O)(=O)N1CCN(CCn2ccnc2-c2ccccc2)CC1. The number of piperazine rings is 1. The number of hydrogen-bond donors (Lipinski definition) is 0. The highest BCUT2D eigenvalue weighted by molar-refractivity contribution is 7.88. The van der Waals surface area contributed by atoms with Crippen molar-refractivity contribution in [1.82, 2.24) is 18.8 Å². The maximum Gasteiger partial charge on any atom is 0.211 e. The van der Waals surface area contributed by atoms with Crippen molar-refractivity contribution in [2.75, 3.05) is 39.0 Å².